The van der Waals surface area contributed by atoms with E-state index < -0.39 is 72.5 Å². The average molecular weight is 534 g/mol. The zero-order valence-electron chi connectivity index (χ0n) is 15.7. The molecule has 0 bridgehead atoms. The Morgan fingerprint density at radius 3 is 1.18 bits per heavy atom. The zero-order chi connectivity index (χ0) is 27.3. The average Bonchev–Trinajstić information content (AvgIpc) is 2.57. The standard InChI is InChI=1S/C14H11F17O2/c1-5(2)4-33-6(32)3-7(15,16)8(17,18)9(19,20)10(21,22)11(23,24)12(25,26)13(27,28)14(29,30)31/h5H,3-4H2,1-2H3. The lowest BCUT2D eigenvalue weighted by molar-refractivity contribution is -0.461. The number of rotatable bonds is 10. The van der Waals surface area contributed by atoms with Crippen LogP contribution in [0, 0.1) is 5.92 Å². The van der Waals surface area contributed by atoms with Gasteiger partial charge in [0.05, 0.1) is 6.61 Å². The van der Waals surface area contributed by atoms with Gasteiger partial charge in [-0.25, -0.2) is 0 Å². The van der Waals surface area contributed by atoms with Crippen LogP contribution >= 0.6 is 0 Å². The summed E-state index contributed by atoms with van der Waals surface area (Å²) in [6.45, 7) is 1.63. The van der Waals surface area contributed by atoms with Crippen LogP contribution in [0.5, 0.6) is 0 Å². The molecule has 0 aliphatic rings. The Morgan fingerprint density at radius 1 is 0.576 bits per heavy atom. The Balaban J connectivity index is 6.45. The summed E-state index contributed by atoms with van der Waals surface area (Å²) in [7, 11) is 0. The maximum atomic E-state index is 13.5. The Hall–Kier alpha value is -1.72. The SMILES string of the molecule is CC(C)COC(=O)CC(F)(F)C(F)(F)C(F)(F)C(F)(F)C(F)(F)C(F)(F)C(F)(F)C(F)(F)F. The molecule has 198 valence electrons. The van der Waals surface area contributed by atoms with E-state index in [0.29, 0.717) is 0 Å². The van der Waals surface area contributed by atoms with Crippen LogP contribution in [0.2, 0.25) is 0 Å². The van der Waals surface area contributed by atoms with E-state index in [9.17, 15) is 79.4 Å². The predicted octanol–water partition coefficient (Wildman–Crippen LogP) is 6.59. The second kappa shape index (κ2) is 8.49. The topological polar surface area (TPSA) is 26.3 Å². The highest BCUT2D eigenvalue weighted by atomic mass is 19.4. The number of halogens is 17. The third-order valence-corrected chi connectivity index (χ3v) is 3.73. The van der Waals surface area contributed by atoms with Gasteiger partial charge in [-0.3, -0.25) is 4.79 Å². The van der Waals surface area contributed by atoms with Crippen LogP contribution in [0.3, 0.4) is 0 Å². The van der Waals surface area contributed by atoms with Crippen molar-refractivity contribution in [2.24, 2.45) is 5.92 Å². The van der Waals surface area contributed by atoms with Crippen molar-refractivity contribution >= 4 is 5.97 Å². The van der Waals surface area contributed by atoms with Crippen LogP contribution in [0.4, 0.5) is 74.6 Å². The molecule has 0 atom stereocenters. The van der Waals surface area contributed by atoms with Gasteiger partial charge in [0, 0.05) is 0 Å². The van der Waals surface area contributed by atoms with Gasteiger partial charge in [-0.05, 0) is 5.92 Å². The molecular weight excluding hydrogens is 523 g/mol. The summed E-state index contributed by atoms with van der Waals surface area (Å²) in [5.74, 6) is -60.4. The molecule has 0 unspecified atom stereocenters. The Kier molecular flexibility index (Phi) is 8.05. The van der Waals surface area contributed by atoms with Gasteiger partial charge in [0.2, 0.25) is 0 Å². The fourth-order valence-electron chi connectivity index (χ4n) is 1.80. The fraction of sp³-hybridized carbons (Fsp3) is 0.929. The third kappa shape index (κ3) is 4.77. The molecule has 0 fully saturated rings. The summed E-state index contributed by atoms with van der Waals surface area (Å²) in [6, 6.07) is 0. The van der Waals surface area contributed by atoms with Gasteiger partial charge in [-0.2, -0.15) is 74.6 Å². The normalized spacial score (nSPS) is 15.8. The lowest BCUT2D eigenvalue weighted by atomic mass is 9.88. The van der Waals surface area contributed by atoms with Gasteiger partial charge < -0.3 is 4.74 Å². The van der Waals surface area contributed by atoms with E-state index >= 15 is 0 Å². The molecule has 0 aliphatic heterocycles. The van der Waals surface area contributed by atoms with Crippen molar-refractivity contribution < 1.29 is 84.2 Å². The first-order valence-corrected chi connectivity index (χ1v) is 7.93. The molecule has 0 aromatic heterocycles. The van der Waals surface area contributed by atoms with Crippen LogP contribution in [0.15, 0.2) is 0 Å². The van der Waals surface area contributed by atoms with Crippen molar-refractivity contribution in [3.8, 4) is 0 Å². The summed E-state index contributed by atoms with van der Waals surface area (Å²) in [5.41, 5.74) is 0. The van der Waals surface area contributed by atoms with Crippen LogP contribution in [-0.2, 0) is 9.53 Å². The molecular formula is C14H11F17O2. The quantitative estimate of drug-likeness (QED) is 0.234. The van der Waals surface area contributed by atoms with Crippen LogP contribution in [0.25, 0.3) is 0 Å². The molecule has 0 amide bonds. The van der Waals surface area contributed by atoms with Gasteiger partial charge >= 0.3 is 53.6 Å². The number of carbonyl (C=O) groups excluding carboxylic acids is 1. The van der Waals surface area contributed by atoms with Gasteiger partial charge in [0.15, 0.2) is 0 Å². The minimum Gasteiger partial charge on any atom is -0.465 e. The minimum absolute atomic E-state index is 0.690. The lowest BCUT2D eigenvalue weighted by Gasteiger charge is -2.42. The van der Waals surface area contributed by atoms with Crippen molar-refractivity contribution in [2.75, 3.05) is 6.61 Å². The van der Waals surface area contributed by atoms with Crippen molar-refractivity contribution in [1.29, 1.82) is 0 Å². The molecule has 19 heteroatoms. The Labute approximate surface area is 172 Å². The van der Waals surface area contributed by atoms with E-state index in [2.05, 4.69) is 4.74 Å². The summed E-state index contributed by atoms with van der Waals surface area (Å²) < 4.78 is 225. The van der Waals surface area contributed by atoms with Crippen LogP contribution in [-0.4, -0.2) is 60.2 Å². The van der Waals surface area contributed by atoms with Gasteiger partial charge in [0.1, 0.15) is 6.42 Å². The first kappa shape index (κ1) is 31.3. The van der Waals surface area contributed by atoms with Crippen LogP contribution < -0.4 is 0 Å². The number of hydrogen-bond acceptors (Lipinski definition) is 2. The van der Waals surface area contributed by atoms with E-state index in [1.165, 1.54) is 13.8 Å². The highest BCUT2D eigenvalue weighted by Gasteiger charge is 2.95. The molecule has 0 N–H and O–H groups in total. The molecule has 0 aromatic carbocycles. The van der Waals surface area contributed by atoms with Gasteiger partial charge in [-0.15, -0.1) is 0 Å². The van der Waals surface area contributed by atoms with Crippen molar-refractivity contribution in [3.63, 3.8) is 0 Å². The Bertz CT molecular complexity index is 707. The predicted molar refractivity (Wildman–Crippen MR) is 71.1 cm³/mol. The summed E-state index contributed by atoms with van der Waals surface area (Å²) >= 11 is 0. The molecule has 0 radical (unpaired) electrons. The van der Waals surface area contributed by atoms with E-state index in [4.69, 9.17) is 0 Å². The first-order valence-electron chi connectivity index (χ1n) is 7.93. The first-order chi connectivity index (χ1) is 14.1. The molecule has 0 spiro atoms. The molecule has 0 rings (SSSR count). The minimum atomic E-state index is -8.69. The smallest absolute Gasteiger partial charge is 0.460 e. The second-order valence-corrected chi connectivity index (χ2v) is 6.90. The maximum Gasteiger partial charge on any atom is 0.460 e. The number of hydrogen-bond donors (Lipinski definition) is 0. The van der Waals surface area contributed by atoms with E-state index in [1.54, 1.807) is 0 Å². The number of ether oxygens (including phenoxy) is 1. The summed E-state index contributed by atoms with van der Waals surface area (Å²) in [6.07, 6.45) is -11.0. The molecule has 0 saturated heterocycles. The molecule has 0 aliphatic carbocycles. The molecule has 0 saturated carbocycles. The highest BCUT2D eigenvalue weighted by Crippen LogP contribution is 2.64. The molecule has 0 heterocycles. The van der Waals surface area contributed by atoms with E-state index in [-0.39, 0.29) is 0 Å². The summed E-state index contributed by atoms with van der Waals surface area (Å²) in [5, 5.41) is 0. The van der Waals surface area contributed by atoms with Crippen molar-refractivity contribution in [1.82, 2.24) is 0 Å². The zero-order valence-corrected chi connectivity index (χ0v) is 15.7. The summed E-state index contributed by atoms with van der Waals surface area (Å²) in [4.78, 5) is 11.0. The monoisotopic (exact) mass is 534 g/mol. The maximum absolute atomic E-state index is 13.5. The molecule has 0 aromatic rings. The van der Waals surface area contributed by atoms with Crippen molar-refractivity contribution in [3.05, 3.63) is 0 Å². The number of esters is 1. The van der Waals surface area contributed by atoms with E-state index in [1.807, 2.05) is 0 Å². The van der Waals surface area contributed by atoms with Crippen molar-refractivity contribution in [2.45, 2.75) is 67.9 Å². The second-order valence-electron chi connectivity index (χ2n) is 6.90. The Morgan fingerprint density at radius 2 is 0.879 bits per heavy atom. The van der Waals surface area contributed by atoms with Gasteiger partial charge in [-0.1, -0.05) is 13.8 Å². The fourth-order valence-corrected chi connectivity index (χ4v) is 1.80. The third-order valence-electron chi connectivity index (χ3n) is 3.73. The number of carbonyl (C=O) groups is 1. The lowest BCUT2D eigenvalue weighted by Crippen LogP contribution is -2.74. The number of alkyl halides is 17. The molecule has 33 heavy (non-hydrogen) atoms. The largest absolute Gasteiger partial charge is 0.465 e. The van der Waals surface area contributed by atoms with E-state index in [0.717, 1.165) is 0 Å². The van der Waals surface area contributed by atoms with Crippen LogP contribution in [0.1, 0.15) is 20.3 Å². The molecule has 2 nitrogen and oxygen atoms in total. The van der Waals surface area contributed by atoms with Gasteiger partial charge in [0.25, 0.3) is 0 Å². The highest BCUT2D eigenvalue weighted by molar-refractivity contribution is 5.70.